The standard InChI is InChI=1S/C13H16N2O4/c1-9(16)14-10-5-7-11(8-6-10)15-12(17)3-2-4-13(18)19/h5-8H,2-4H2,1H3,(H,14,16)(H,15,17)(H,18,19). The quantitative estimate of drug-likeness (QED) is 0.730. The minimum atomic E-state index is -0.910. The molecule has 0 saturated carbocycles. The number of anilines is 2. The van der Waals surface area contributed by atoms with Crippen LogP contribution < -0.4 is 10.6 Å². The number of carboxylic acid groups (broad SMARTS) is 1. The normalized spacial score (nSPS) is 9.74. The van der Waals surface area contributed by atoms with E-state index in [4.69, 9.17) is 5.11 Å². The molecule has 2 amide bonds. The van der Waals surface area contributed by atoms with Gasteiger partial charge in [0.05, 0.1) is 0 Å². The molecule has 0 heterocycles. The Bertz CT molecular complexity index is 468. The summed E-state index contributed by atoms with van der Waals surface area (Å²) in [7, 11) is 0. The number of hydrogen-bond acceptors (Lipinski definition) is 3. The molecule has 0 spiro atoms. The topological polar surface area (TPSA) is 95.5 Å². The Kier molecular flexibility index (Phi) is 5.53. The molecule has 0 atom stereocenters. The van der Waals surface area contributed by atoms with Crippen LogP contribution in [0.25, 0.3) is 0 Å². The minimum absolute atomic E-state index is 0.0190. The van der Waals surface area contributed by atoms with Gasteiger partial charge in [-0.25, -0.2) is 0 Å². The van der Waals surface area contributed by atoms with Gasteiger partial charge in [-0.3, -0.25) is 14.4 Å². The van der Waals surface area contributed by atoms with E-state index in [1.807, 2.05) is 0 Å². The fourth-order valence-corrected chi connectivity index (χ4v) is 1.46. The molecule has 0 fully saturated rings. The third-order valence-electron chi connectivity index (χ3n) is 2.28. The molecule has 0 unspecified atom stereocenters. The summed E-state index contributed by atoms with van der Waals surface area (Å²) in [6.45, 7) is 1.41. The van der Waals surface area contributed by atoms with Crippen LogP contribution in [-0.4, -0.2) is 22.9 Å². The van der Waals surface area contributed by atoms with Crippen molar-refractivity contribution in [1.82, 2.24) is 0 Å². The van der Waals surface area contributed by atoms with Crippen molar-refractivity contribution in [1.29, 1.82) is 0 Å². The Morgan fingerprint density at radius 1 is 1.00 bits per heavy atom. The second kappa shape index (κ2) is 7.15. The van der Waals surface area contributed by atoms with Crippen LogP contribution >= 0.6 is 0 Å². The van der Waals surface area contributed by atoms with Gasteiger partial charge < -0.3 is 15.7 Å². The van der Waals surface area contributed by atoms with Crippen LogP contribution in [0.4, 0.5) is 11.4 Å². The van der Waals surface area contributed by atoms with Crippen LogP contribution in [0, 0.1) is 0 Å². The maximum atomic E-state index is 11.5. The van der Waals surface area contributed by atoms with E-state index in [0.717, 1.165) is 0 Å². The number of rotatable bonds is 6. The lowest BCUT2D eigenvalue weighted by molar-refractivity contribution is -0.137. The highest BCUT2D eigenvalue weighted by atomic mass is 16.4. The fraction of sp³-hybridized carbons (Fsp3) is 0.308. The average molecular weight is 264 g/mol. The molecular weight excluding hydrogens is 248 g/mol. The van der Waals surface area contributed by atoms with Crippen LogP contribution in [0.3, 0.4) is 0 Å². The van der Waals surface area contributed by atoms with Crippen molar-refractivity contribution >= 4 is 29.2 Å². The van der Waals surface area contributed by atoms with Gasteiger partial charge in [0.15, 0.2) is 0 Å². The average Bonchev–Trinajstić information content (AvgIpc) is 2.30. The summed E-state index contributed by atoms with van der Waals surface area (Å²) < 4.78 is 0. The van der Waals surface area contributed by atoms with Crippen molar-refractivity contribution in [3.05, 3.63) is 24.3 Å². The molecule has 3 N–H and O–H groups in total. The predicted octanol–water partition coefficient (Wildman–Crippen LogP) is 1.84. The Hall–Kier alpha value is -2.37. The van der Waals surface area contributed by atoms with E-state index >= 15 is 0 Å². The van der Waals surface area contributed by atoms with Crippen LogP contribution in [0.15, 0.2) is 24.3 Å². The Morgan fingerprint density at radius 3 is 2.00 bits per heavy atom. The first-order valence-corrected chi connectivity index (χ1v) is 5.86. The van der Waals surface area contributed by atoms with Crippen LogP contribution in [0.1, 0.15) is 26.2 Å². The van der Waals surface area contributed by atoms with Crippen LogP contribution in [0.5, 0.6) is 0 Å². The van der Waals surface area contributed by atoms with Gasteiger partial charge >= 0.3 is 5.97 Å². The van der Waals surface area contributed by atoms with Crippen molar-refractivity contribution < 1.29 is 19.5 Å². The number of carboxylic acids is 1. The molecule has 1 aromatic rings. The number of amides is 2. The highest BCUT2D eigenvalue weighted by Crippen LogP contribution is 2.14. The van der Waals surface area contributed by atoms with E-state index in [2.05, 4.69) is 10.6 Å². The highest BCUT2D eigenvalue weighted by molar-refractivity contribution is 5.92. The molecule has 6 heteroatoms. The Balaban J connectivity index is 2.42. The first kappa shape index (κ1) is 14.7. The zero-order valence-electron chi connectivity index (χ0n) is 10.6. The first-order chi connectivity index (χ1) is 8.97. The van der Waals surface area contributed by atoms with Crippen molar-refractivity contribution in [2.75, 3.05) is 10.6 Å². The lowest BCUT2D eigenvalue weighted by atomic mass is 10.2. The van der Waals surface area contributed by atoms with Crippen LogP contribution in [-0.2, 0) is 14.4 Å². The van der Waals surface area contributed by atoms with Crippen molar-refractivity contribution in [3.63, 3.8) is 0 Å². The summed E-state index contributed by atoms with van der Waals surface area (Å²) in [5.41, 5.74) is 1.26. The monoisotopic (exact) mass is 264 g/mol. The minimum Gasteiger partial charge on any atom is -0.481 e. The molecule has 0 bridgehead atoms. The van der Waals surface area contributed by atoms with Gasteiger partial charge in [0.25, 0.3) is 0 Å². The summed E-state index contributed by atoms with van der Waals surface area (Å²) in [6.07, 6.45) is 0.458. The number of nitrogens with one attached hydrogen (secondary N) is 2. The Morgan fingerprint density at radius 2 is 1.53 bits per heavy atom. The van der Waals surface area contributed by atoms with Crippen molar-refractivity contribution in [3.8, 4) is 0 Å². The predicted molar refractivity (Wildman–Crippen MR) is 70.9 cm³/mol. The molecule has 0 aromatic heterocycles. The Labute approximate surface area is 110 Å². The zero-order valence-corrected chi connectivity index (χ0v) is 10.6. The third kappa shape index (κ3) is 6.21. The molecule has 0 aliphatic carbocycles. The molecule has 19 heavy (non-hydrogen) atoms. The summed E-state index contributed by atoms with van der Waals surface area (Å²) in [5, 5.41) is 13.7. The number of benzene rings is 1. The lowest BCUT2D eigenvalue weighted by Gasteiger charge is -2.06. The molecule has 0 radical (unpaired) electrons. The smallest absolute Gasteiger partial charge is 0.303 e. The van der Waals surface area contributed by atoms with E-state index < -0.39 is 5.97 Å². The van der Waals surface area contributed by atoms with Gasteiger partial charge in [0, 0.05) is 31.1 Å². The summed E-state index contributed by atoms with van der Waals surface area (Å²) in [5.74, 6) is -1.30. The number of aliphatic carboxylic acids is 1. The van der Waals surface area contributed by atoms with E-state index in [0.29, 0.717) is 17.8 Å². The van der Waals surface area contributed by atoms with Crippen LogP contribution in [0.2, 0.25) is 0 Å². The molecule has 1 aromatic carbocycles. The fourth-order valence-electron chi connectivity index (χ4n) is 1.46. The van der Waals surface area contributed by atoms with Gasteiger partial charge in [-0.15, -0.1) is 0 Å². The van der Waals surface area contributed by atoms with Crippen molar-refractivity contribution in [2.24, 2.45) is 0 Å². The highest BCUT2D eigenvalue weighted by Gasteiger charge is 2.04. The second-order valence-electron chi connectivity index (χ2n) is 4.05. The van der Waals surface area contributed by atoms with E-state index in [9.17, 15) is 14.4 Å². The summed E-state index contributed by atoms with van der Waals surface area (Å²) >= 11 is 0. The van der Waals surface area contributed by atoms with E-state index in [1.165, 1.54) is 6.92 Å². The van der Waals surface area contributed by atoms with Gasteiger partial charge in [0.2, 0.25) is 11.8 Å². The lowest BCUT2D eigenvalue weighted by Crippen LogP contribution is -2.12. The second-order valence-corrected chi connectivity index (χ2v) is 4.05. The molecule has 0 aliphatic rings. The maximum Gasteiger partial charge on any atom is 0.303 e. The molecular formula is C13H16N2O4. The third-order valence-corrected chi connectivity index (χ3v) is 2.28. The zero-order chi connectivity index (χ0) is 14.3. The van der Waals surface area contributed by atoms with Gasteiger partial charge in [-0.2, -0.15) is 0 Å². The van der Waals surface area contributed by atoms with Gasteiger partial charge in [-0.05, 0) is 30.7 Å². The molecule has 102 valence electrons. The largest absolute Gasteiger partial charge is 0.481 e. The maximum absolute atomic E-state index is 11.5. The number of carbonyl (C=O) groups excluding carboxylic acids is 2. The van der Waals surface area contributed by atoms with Crippen molar-refractivity contribution in [2.45, 2.75) is 26.2 Å². The number of carbonyl (C=O) groups is 3. The van der Waals surface area contributed by atoms with E-state index in [-0.39, 0.29) is 24.7 Å². The molecule has 6 nitrogen and oxygen atoms in total. The van der Waals surface area contributed by atoms with E-state index in [1.54, 1.807) is 24.3 Å². The first-order valence-electron chi connectivity index (χ1n) is 5.86. The van der Waals surface area contributed by atoms with Gasteiger partial charge in [0.1, 0.15) is 0 Å². The molecule has 0 aliphatic heterocycles. The molecule has 0 saturated heterocycles. The SMILES string of the molecule is CC(=O)Nc1ccc(NC(=O)CCCC(=O)O)cc1. The molecule has 1 rings (SSSR count). The van der Waals surface area contributed by atoms with Gasteiger partial charge in [-0.1, -0.05) is 0 Å². The summed E-state index contributed by atoms with van der Waals surface area (Å²) in [6, 6.07) is 6.68. The number of hydrogen-bond donors (Lipinski definition) is 3. The summed E-state index contributed by atoms with van der Waals surface area (Å²) in [4.78, 5) is 32.6.